The zero-order valence-corrected chi connectivity index (χ0v) is 22.4. The predicted molar refractivity (Wildman–Crippen MR) is 138 cm³/mol. The summed E-state index contributed by atoms with van der Waals surface area (Å²) in [6, 6.07) is 10.2. The van der Waals surface area contributed by atoms with Crippen molar-refractivity contribution in [3.8, 4) is 5.75 Å². The van der Waals surface area contributed by atoms with E-state index in [-0.39, 0.29) is 23.9 Å². The number of amides is 2. The van der Waals surface area contributed by atoms with Crippen LogP contribution in [0, 0.1) is 19.7 Å². The van der Waals surface area contributed by atoms with Crippen molar-refractivity contribution in [3.63, 3.8) is 0 Å². The van der Waals surface area contributed by atoms with Crippen LogP contribution in [0.25, 0.3) is 0 Å². The Balaban J connectivity index is 1.79. The summed E-state index contributed by atoms with van der Waals surface area (Å²) in [4.78, 5) is 28.5. The van der Waals surface area contributed by atoms with E-state index in [0.717, 1.165) is 11.1 Å². The molecular weight excluding hydrogens is 461 g/mol. The number of rotatable bonds is 6. The molecule has 7 nitrogen and oxygen atoms in total. The maximum Gasteiger partial charge on any atom is 0.410 e. The van der Waals surface area contributed by atoms with Crippen molar-refractivity contribution in [2.45, 2.75) is 59.3 Å². The van der Waals surface area contributed by atoms with E-state index in [1.807, 2.05) is 40.7 Å². The predicted octanol–water partition coefficient (Wildman–Crippen LogP) is 4.86. The molecule has 2 atom stereocenters. The number of nitrogens with zero attached hydrogens (tertiary/aromatic N) is 2. The molecular formula is C28H38FN3O4. The Kier molecular flexibility index (Phi) is 8.61. The maximum atomic E-state index is 14.6. The van der Waals surface area contributed by atoms with E-state index in [1.54, 1.807) is 49.2 Å². The molecule has 0 saturated carbocycles. The van der Waals surface area contributed by atoms with Gasteiger partial charge in [-0.05, 0) is 88.6 Å². The molecule has 36 heavy (non-hydrogen) atoms. The van der Waals surface area contributed by atoms with Gasteiger partial charge in [-0.15, -0.1) is 0 Å². The number of aryl methyl sites for hydroxylation is 2. The van der Waals surface area contributed by atoms with E-state index >= 15 is 0 Å². The minimum Gasteiger partial charge on any atom is -0.484 e. The van der Waals surface area contributed by atoms with E-state index < -0.39 is 11.7 Å². The molecule has 0 spiro atoms. The summed E-state index contributed by atoms with van der Waals surface area (Å²) in [5, 5.41) is 2.60. The molecule has 0 aromatic heterocycles. The second-order valence-electron chi connectivity index (χ2n) is 10.5. The van der Waals surface area contributed by atoms with Crippen LogP contribution in [0.4, 0.5) is 9.18 Å². The number of benzene rings is 2. The largest absolute Gasteiger partial charge is 0.484 e. The fourth-order valence-corrected chi connectivity index (χ4v) is 4.41. The third-order valence-corrected chi connectivity index (χ3v) is 6.28. The summed E-state index contributed by atoms with van der Waals surface area (Å²) < 4.78 is 26.5. The molecule has 1 aliphatic rings. The molecule has 8 heteroatoms. The van der Waals surface area contributed by atoms with Crippen LogP contribution in [-0.2, 0) is 4.74 Å². The minimum absolute atomic E-state index is 0.0445. The summed E-state index contributed by atoms with van der Waals surface area (Å²) in [6.45, 7) is 13.6. The number of halogens is 1. The van der Waals surface area contributed by atoms with Crippen LogP contribution in [-0.4, -0.2) is 66.7 Å². The first-order valence-corrected chi connectivity index (χ1v) is 12.4. The topological polar surface area (TPSA) is 71.1 Å². The van der Waals surface area contributed by atoms with Crippen LogP contribution in [0.2, 0.25) is 0 Å². The van der Waals surface area contributed by atoms with E-state index in [0.29, 0.717) is 43.1 Å². The van der Waals surface area contributed by atoms with Crippen molar-refractivity contribution in [2.24, 2.45) is 0 Å². The van der Waals surface area contributed by atoms with Gasteiger partial charge >= 0.3 is 6.09 Å². The summed E-state index contributed by atoms with van der Waals surface area (Å²) in [7, 11) is 1.58. The third-order valence-electron chi connectivity index (χ3n) is 6.28. The normalized spacial score (nSPS) is 17.4. The van der Waals surface area contributed by atoms with Crippen LogP contribution in [0.3, 0.4) is 0 Å². The molecule has 3 rings (SSSR count). The maximum absolute atomic E-state index is 14.6. The molecule has 1 unspecified atom stereocenters. The zero-order chi connectivity index (χ0) is 26.6. The van der Waals surface area contributed by atoms with Gasteiger partial charge < -0.3 is 19.7 Å². The average Bonchev–Trinajstić information content (AvgIpc) is 2.80. The Morgan fingerprint density at radius 1 is 1.11 bits per heavy atom. The van der Waals surface area contributed by atoms with Crippen molar-refractivity contribution in [3.05, 3.63) is 64.5 Å². The Labute approximate surface area is 213 Å². The van der Waals surface area contributed by atoms with Crippen molar-refractivity contribution >= 4 is 12.0 Å². The van der Waals surface area contributed by atoms with E-state index in [4.69, 9.17) is 9.47 Å². The third kappa shape index (κ3) is 6.97. The van der Waals surface area contributed by atoms with Crippen molar-refractivity contribution in [2.75, 3.05) is 33.2 Å². The fraction of sp³-hybridized carbons (Fsp3) is 0.500. The van der Waals surface area contributed by atoms with E-state index in [1.165, 1.54) is 0 Å². The van der Waals surface area contributed by atoms with Gasteiger partial charge in [0.05, 0.1) is 0 Å². The summed E-state index contributed by atoms with van der Waals surface area (Å²) in [5.41, 5.74) is 2.29. The molecule has 1 heterocycles. The lowest BCUT2D eigenvalue weighted by molar-refractivity contribution is -0.00301. The second-order valence-corrected chi connectivity index (χ2v) is 10.5. The smallest absolute Gasteiger partial charge is 0.410 e. The van der Waals surface area contributed by atoms with Gasteiger partial charge in [-0.3, -0.25) is 9.69 Å². The Morgan fingerprint density at radius 2 is 1.78 bits per heavy atom. The molecule has 0 radical (unpaired) electrons. The fourth-order valence-electron chi connectivity index (χ4n) is 4.41. The molecule has 196 valence electrons. The van der Waals surface area contributed by atoms with Crippen LogP contribution in [0.15, 0.2) is 36.4 Å². The summed E-state index contributed by atoms with van der Waals surface area (Å²) >= 11 is 0. The van der Waals surface area contributed by atoms with Gasteiger partial charge in [0.1, 0.15) is 23.3 Å². The van der Waals surface area contributed by atoms with Crippen molar-refractivity contribution in [1.29, 1.82) is 0 Å². The van der Waals surface area contributed by atoms with E-state index in [9.17, 15) is 14.0 Å². The van der Waals surface area contributed by atoms with Crippen LogP contribution in [0.1, 0.15) is 60.8 Å². The second kappa shape index (κ2) is 11.3. The highest BCUT2D eigenvalue weighted by Gasteiger charge is 2.32. The number of hydrogen-bond acceptors (Lipinski definition) is 5. The van der Waals surface area contributed by atoms with Crippen LogP contribution in [0.5, 0.6) is 5.75 Å². The van der Waals surface area contributed by atoms with Gasteiger partial charge in [-0.2, -0.15) is 0 Å². The lowest BCUT2D eigenvalue weighted by atomic mass is 9.99. The first-order valence-electron chi connectivity index (χ1n) is 12.4. The summed E-state index contributed by atoms with van der Waals surface area (Å²) in [5.74, 6) is 0.141. The molecule has 1 N–H and O–H groups in total. The average molecular weight is 500 g/mol. The van der Waals surface area contributed by atoms with E-state index in [2.05, 4.69) is 10.2 Å². The van der Waals surface area contributed by atoms with Gasteiger partial charge in [0, 0.05) is 44.8 Å². The van der Waals surface area contributed by atoms with Gasteiger partial charge in [0.15, 0.2) is 0 Å². The first kappa shape index (κ1) is 27.5. The minimum atomic E-state index is -0.548. The molecule has 1 fully saturated rings. The SMILES string of the molecule is CNC(=O)c1ccc(OC(CN2CCN(C(=O)OC(C)(C)C)[C@H](C)C2)c2cc(F)c(C)cc2C)cc1. The number of piperazine rings is 1. The molecule has 1 saturated heterocycles. The summed E-state index contributed by atoms with van der Waals surface area (Å²) in [6.07, 6.45) is -0.749. The van der Waals surface area contributed by atoms with Gasteiger partial charge in [-0.25, -0.2) is 9.18 Å². The molecule has 1 aliphatic heterocycles. The monoisotopic (exact) mass is 499 g/mol. The van der Waals surface area contributed by atoms with Crippen molar-refractivity contribution in [1.82, 2.24) is 15.1 Å². The number of ether oxygens (including phenoxy) is 2. The number of carbonyl (C=O) groups is 2. The molecule has 0 bridgehead atoms. The highest BCUT2D eigenvalue weighted by molar-refractivity contribution is 5.94. The Hall–Kier alpha value is -3.13. The van der Waals surface area contributed by atoms with Crippen LogP contribution >= 0.6 is 0 Å². The Morgan fingerprint density at radius 3 is 2.36 bits per heavy atom. The van der Waals surface area contributed by atoms with Gasteiger partial charge in [0.25, 0.3) is 5.91 Å². The lowest BCUT2D eigenvalue weighted by Gasteiger charge is -2.41. The lowest BCUT2D eigenvalue weighted by Crippen LogP contribution is -2.55. The molecule has 2 aromatic carbocycles. The van der Waals surface area contributed by atoms with Gasteiger partial charge in [0.2, 0.25) is 0 Å². The standard InChI is InChI=1S/C28H38FN3O4/c1-18-14-19(2)24(29)15-23(18)25(35-22-10-8-21(9-11-22)26(33)30-7)17-31-12-13-32(20(3)16-31)27(34)36-28(4,5)6/h8-11,14-15,20,25H,12-13,16-17H2,1-7H3,(H,30,33)/t20-,25?/m1/s1. The van der Waals surface area contributed by atoms with Crippen molar-refractivity contribution < 1.29 is 23.5 Å². The number of carbonyl (C=O) groups excluding carboxylic acids is 2. The highest BCUT2D eigenvalue weighted by Crippen LogP contribution is 2.29. The highest BCUT2D eigenvalue weighted by atomic mass is 19.1. The molecule has 2 aromatic rings. The first-order chi connectivity index (χ1) is 16.9. The van der Waals surface area contributed by atoms with Crippen LogP contribution < -0.4 is 10.1 Å². The molecule has 2 amide bonds. The van der Waals surface area contributed by atoms with Gasteiger partial charge in [-0.1, -0.05) is 6.07 Å². The Bertz CT molecular complexity index is 1080. The number of nitrogens with one attached hydrogen (secondary N) is 1. The number of hydrogen-bond donors (Lipinski definition) is 1. The molecule has 0 aliphatic carbocycles. The quantitative estimate of drug-likeness (QED) is 0.615. The zero-order valence-electron chi connectivity index (χ0n) is 22.4.